The third-order valence-corrected chi connectivity index (χ3v) is 2.70. The van der Waals surface area contributed by atoms with E-state index in [1.165, 1.54) is 20.1 Å². The smallest absolute Gasteiger partial charge is 0.341 e. The average Bonchev–Trinajstić information content (AvgIpc) is 2.51. The summed E-state index contributed by atoms with van der Waals surface area (Å²) in [5.41, 5.74) is -0.285. The summed E-state index contributed by atoms with van der Waals surface area (Å²) in [5, 5.41) is 10.7. The molecule has 0 saturated carbocycles. The Labute approximate surface area is 131 Å². The van der Waals surface area contributed by atoms with Crippen molar-refractivity contribution in [3.63, 3.8) is 0 Å². The van der Waals surface area contributed by atoms with E-state index >= 15 is 0 Å². The summed E-state index contributed by atoms with van der Waals surface area (Å²) in [7, 11) is 1.23. The standard InChI is InChI=1S/C14H15NO8/c1-9(16)3-6-13(17)22-8-23-14(18)10-4-5-11(15(19)20)12(7-10)21-2/h4-5,7H,3,6,8H2,1-2H3. The number of ketones is 1. The minimum Gasteiger partial charge on any atom is -0.490 e. The van der Waals surface area contributed by atoms with Gasteiger partial charge in [0.05, 0.1) is 24.0 Å². The fraction of sp³-hybridized carbons (Fsp3) is 0.357. The van der Waals surface area contributed by atoms with Crippen LogP contribution in [0.15, 0.2) is 18.2 Å². The fourth-order valence-corrected chi connectivity index (χ4v) is 1.54. The monoisotopic (exact) mass is 325 g/mol. The first-order valence-electron chi connectivity index (χ1n) is 6.49. The molecule has 9 nitrogen and oxygen atoms in total. The lowest BCUT2D eigenvalue weighted by molar-refractivity contribution is -0.385. The molecule has 0 aromatic heterocycles. The lowest BCUT2D eigenvalue weighted by Gasteiger charge is -2.07. The number of nitrogens with zero attached hydrogens (tertiary/aromatic N) is 1. The van der Waals surface area contributed by atoms with E-state index < -0.39 is 23.7 Å². The normalized spacial score (nSPS) is 9.83. The van der Waals surface area contributed by atoms with Gasteiger partial charge in [0, 0.05) is 18.6 Å². The maximum absolute atomic E-state index is 11.7. The molecular weight excluding hydrogens is 310 g/mol. The van der Waals surface area contributed by atoms with Crippen LogP contribution in [0.25, 0.3) is 0 Å². The predicted octanol–water partition coefficient (Wildman–Crippen LogP) is 1.63. The molecule has 0 bridgehead atoms. The molecule has 1 aromatic rings. The molecule has 0 radical (unpaired) electrons. The Bertz CT molecular complexity index is 625. The summed E-state index contributed by atoms with van der Waals surface area (Å²) >= 11 is 0. The number of nitro benzene ring substituents is 1. The number of benzene rings is 1. The number of ether oxygens (including phenoxy) is 3. The molecule has 9 heteroatoms. The van der Waals surface area contributed by atoms with E-state index in [0.29, 0.717) is 0 Å². The number of hydrogen-bond acceptors (Lipinski definition) is 8. The first-order valence-corrected chi connectivity index (χ1v) is 6.49. The zero-order valence-electron chi connectivity index (χ0n) is 12.6. The lowest BCUT2D eigenvalue weighted by atomic mass is 10.2. The molecule has 0 N–H and O–H groups in total. The van der Waals surface area contributed by atoms with Gasteiger partial charge in [0.25, 0.3) is 0 Å². The van der Waals surface area contributed by atoms with Gasteiger partial charge in [0.1, 0.15) is 5.78 Å². The molecule has 0 spiro atoms. The first-order chi connectivity index (χ1) is 10.8. The van der Waals surface area contributed by atoms with Crippen LogP contribution in [-0.2, 0) is 19.1 Å². The van der Waals surface area contributed by atoms with Crippen molar-refractivity contribution in [1.82, 2.24) is 0 Å². The van der Waals surface area contributed by atoms with Gasteiger partial charge in [-0.3, -0.25) is 14.9 Å². The summed E-state index contributed by atoms with van der Waals surface area (Å²) in [5.74, 6) is -1.76. The van der Waals surface area contributed by atoms with Crippen molar-refractivity contribution < 1.29 is 33.5 Å². The largest absolute Gasteiger partial charge is 0.490 e. The zero-order valence-corrected chi connectivity index (χ0v) is 12.6. The lowest BCUT2D eigenvalue weighted by Crippen LogP contribution is -2.13. The highest BCUT2D eigenvalue weighted by Crippen LogP contribution is 2.27. The Balaban J connectivity index is 2.57. The van der Waals surface area contributed by atoms with E-state index in [4.69, 9.17) is 9.47 Å². The number of carbonyl (C=O) groups excluding carboxylic acids is 3. The molecule has 0 aliphatic rings. The van der Waals surface area contributed by atoms with Crippen LogP contribution in [-0.4, -0.2) is 36.5 Å². The maximum atomic E-state index is 11.7. The molecule has 0 atom stereocenters. The second kappa shape index (κ2) is 8.47. The summed E-state index contributed by atoms with van der Waals surface area (Å²) in [6.45, 7) is 0.726. The quantitative estimate of drug-likeness (QED) is 0.306. The molecule has 0 heterocycles. The van der Waals surface area contributed by atoms with Crippen molar-refractivity contribution in [2.45, 2.75) is 19.8 Å². The van der Waals surface area contributed by atoms with Gasteiger partial charge in [-0.15, -0.1) is 0 Å². The van der Waals surface area contributed by atoms with Crippen LogP contribution in [0, 0.1) is 10.1 Å². The van der Waals surface area contributed by atoms with Crippen LogP contribution < -0.4 is 4.74 Å². The molecule has 0 fully saturated rings. The Morgan fingerprint density at radius 2 is 1.87 bits per heavy atom. The van der Waals surface area contributed by atoms with Crippen LogP contribution in [0.3, 0.4) is 0 Å². The highest BCUT2D eigenvalue weighted by atomic mass is 16.7. The van der Waals surface area contributed by atoms with Crippen LogP contribution in [0.1, 0.15) is 30.1 Å². The van der Waals surface area contributed by atoms with Gasteiger partial charge in [0.2, 0.25) is 6.79 Å². The number of rotatable bonds is 8. The first kappa shape index (κ1) is 18.1. The molecule has 0 unspecified atom stereocenters. The van der Waals surface area contributed by atoms with Crippen LogP contribution in [0.2, 0.25) is 0 Å². The number of esters is 2. The molecular formula is C14H15NO8. The van der Waals surface area contributed by atoms with E-state index in [-0.39, 0.29) is 35.6 Å². The summed E-state index contributed by atoms with van der Waals surface area (Å²) in [6, 6.07) is 3.45. The maximum Gasteiger partial charge on any atom is 0.341 e. The predicted molar refractivity (Wildman–Crippen MR) is 75.9 cm³/mol. The molecule has 1 rings (SSSR count). The van der Waals surface area contributed by atoms with Gasteiger partial charge in [-0.25, -0.2) is 4.79 Å². The number of methoxy groups -OCH3 is 1. The van der Waals surface area contributed by atoms with E-state index in [0.717, 1.165) is 12.1 Å². The Kier molecular flexibility index (Phi) is 6.66. The van der Waals surface area contributed by atoms with Crippen molar-refractivity contribution in [2.75, 3.05) is 13.9 Å². The molecule has 0 saturated heterocycles. The molecule has 0 aliphatic heterocycles. The van der Waals surface area contributed by atoms with Crippen LogP contribution in [0.4, 0.5) is 5.69 Å². The van der Waals surface area contributed by atoms with Crippen molar-refractivity contribution in [2.24, 2.45) is 0 Å². The topological polar surface area (TPSA) is 122 Å². The van der Waals surface area contributed by atoms with Crippen molar-refractivity contribution in [3.05, 3.63) is 33.9 Å². The van der Waals surface area contributed by atoms with E-state index in [9.17, 15) is 24.5 Å². The minimum absolute atomic E-state index is 0.00670. The third kappa shape index (κ3) is 5.73. The molecule has 0 amide bonds. The fourth-order valence-electron chi connectivity index (χ4n) is 1.54. The SMILES string of the molecule is COc1cc(C(=O)OCOC(=O)CCC(C)=O)ccc1[N+](=O)[O-]. The van der Waals surface area contributed by atoms with E-state index in [1.54, 1.807) is 0 Å². The van der Waals surface area contributed by atoms with Crippen molar-refractivity contribution in [3.8, 4) is 5.75 Å². The van der Waals surface area contributed by atoms with Crippen molar-refractivity contribution in [1.29, 1.82) is 0 Å². The summed E-state index contributed by atoms with van der Waals surface area (Å²) in [4.78, 5) is 43.8. The van der Waals surface area contributed by atoms with Gasteiger partial charge in [0.15, 0.2) is 5.75 Å². The molecule has 124 valence electrons. The molecule has 1 aromatic carbocycles. The highest BCUT2D eigenvalue weighted by Gasteiger charge is 2.18. The van der Waals surface area contributed by atoms with Crippen LogP contribution in [0.5, 0.6) is 5.75 Å². The second-order valence-corrected chi connectivity index (χ2v) is 4.41. The zero-order chi connectivity index (χ0) is 17.4. The van der Waals surface area contributed by atoms with Crippen molar-refractivity contribution >= 4 is 23.4 Å². The number of carbonyl (C=O) groups is 3. The van der Waals surface area contributed by atoms with Gasteiger partial charge in [-0.1, -0.05) is 0 Å². The number of nitro groups is 1. The van der Waals surface area contributed by atoms with E-state index in [2.05, 4.69) is 4.74 Å². The van der Waals surface area contributed by atoms with Gasteiger partial charge < -0.3 is 19.0 Å². The summed E-state index contributed by atoms with van der Waals surface area (Å²) in [6.07, 6.45) is -0.0510. The second-order valence-electron chi connectivity index (χ2n) is 4.41. The van der Waals surface area contributed by atoms with Gasteiger partial charge >= 0.3 is 17.6 Å². The van der Waals surface area contributed by atoms with Crippen LogP contribution >= 0.6 is 0 Å². The average molecular weight is 325 g/mol. The van der Waals surface area contributed by atoms with E-state index in [1.807, 2.05) is 0 Å². The third-order valence-electron chi connectivity index (χ3n) is 2.70. The van der Waals surface area contributed by atoms with Gasteiger partial charge in [-0.2, -0.15) is 0 Å². The Morgan fingerprint density at radius 3 is 2.43 bits per heavy atom. The minimum atomic E-state index is -0.836. The molecule has 0 aliphatic carbocycles. The Hall–Kier alpha value is -2.97. The van der Waals surface area contributed by atoms with Gasteiger partial charge in [-0.05, 0) is 13.0 Å². The highest BCUT2D eigenvalue weighted by molar-refractivity contribution is 5.90. The Morgan fingerprint density at radius 1 is 1.17 bits per heavy atom. The summed E-state index contributed by atoms with van der Waals surface area (Å²) < 4.78 is 14.2. The number of Topliss-reactive ketones (excluding diaryl/α,β-unsaturated/α-hetero) is 1. The number of hydrogen-bond donors (Lipinski definition) is 0. The molecule has 23 heavy (non-hydrogen) atoms.